The molecule has 1 aromatic rings. The normalized spacial score (nSPS) is 17.1. The van der Waals surface area contributed by atoms with Crippen LogP contribution in [0.5, 0.6) is 0 Å². The van der Waals surface area contributed by atoms with Crippen molar-refractivity contribution in [3.8, 4) is 0 Å². The van der Waals surface area contributed by atoms with Crippen LogP contribution in [0.2, 0.25) is 0 Å². The first-order chi connectivity index (χ1) is 8.15. The van der Waals surface area contributed by atoms with Gasteiger partial charge in [-0.15, -0.1) is 0 Å². The van der Waals surface area contributed by atoms with E-state index in [1.54, 1.807) is 0 Å². The Labute approximate surface area is 100 Å². The Bertz CT molecular complexity index is 383. The number of aliphatic carboxylic acids is 1. The standard InChI is InChI=1S/C12H17N3O2/c1-9-7-13-12(14-8-9)15-4-2-10(3-5-15)6-11(16)17/h7-8,10H,2-6H2,1H3,(H,16,17). The fourth-order valence-corrected chi connectivity index (χ4v) is 2.13. The number of carboxylic acid groups (broad SMARTS) is 1. The fraction of sp³-hybridized carbons (Fsp3) is 0.583. The van der Waals surface area contributed by atoms with Gasteiger partial charge in [-0.2, -0.15) is 0 Å². The molecule has 5 nitrogen and oxygen atoms in total. The van der Waals surface area contributed by atoms with E-state index in [1.165, 1.54) is 0 Å². The average molecular weight is 235 g/mol. The molecule has 0 atom stereocenters. The van der Waals surface area contributed by atoms with E-state index in [0.29, 0.717) is 5.92 Å². The van der Waals surface area contributed by atoms with E-state index in [2.05, 4.69) is 14.9 Å². The van der Waals surface area contributed by atoms with Crippen molar-refractivity contribution in [2.75, 3.05) is 18.0 Å². The van der Waals surface area contributed by atoms with Crippen molar-refractivity contribution in [2.24, 2.45) is 5.92 Å². The second kappa shape index (κ2) is 5.12. The molecule has 1 saturated heterocycles. The first-order valence-corrected chi connectivity index (χ1v) is 5.90. The molecule has 0 unspecified atom stereocenters. The van der Waals surface area contributed by atoms with Gasteiger partial charge in [-0.3, -0.25) is 4.79 Å². The molecule has 1 aliphatic rings. The van der Waals surface area contributed by atoms with Crippen molar-refractivity contribution < 1.29 is 9.90 Å². The van der Waals surface area contributed by atoms with Crippen molar-refractivity contribution in [1.82, 2.24) is 9.97 Å². The molecule has 1 fully saturated rings. The van der Waals surface area contributed by atoms with E-state index in [1.807, 2.05) is 19.3 Å². The number of carbonyl (C=O) groups is 1. The van der Waals surface area contributed by atoms with Gasteiger partial charge in [0.2, 0.25) is 5.95 Å². The van der Waals surface area contributed by atoms with Gasteiger partial charge in [0.05, 0.1) is 0 Å². The van der Waals surface area contributed by atoms with Crippen molar-refractivity contribution in [3.63, 3.8) is 0 Å². The van der Waals surface area contributed by atoms with E-state index in [4.69, 9.17) is 5.11 Å². The van der Waals surface area contributed by atoms with Crippen LogP contribution in [-0.4, -0.2) is 34.1 Å². The predicted octanol–water partition coefficient (Wildman–Crippen LogP) is 1.48. The molecule has 0 aliphatic carbocycles. The molecular formula is C12H17N3O2. The zero-order valence-corrected chi connectivity index (χ0v) is 9.96. The number of carboxylic acids is 1. The lowest BCUT2D eigenvalue weighted by atomic mass is 9.94. The van der Waals surface area contributed by atoms with Crippen LogP contribution in [0.3, 0.4) is 0 Å². The molecule has 0 radical (unpaired) electrons. The summed E-state index contributed by atoms with van der Waals surface area (Å²) >= 11 is 0. The van der Waals surface area contributed by atoms with Gasteiger partial charge in [0.15, 0.2) is 0 Å². The van der Waals surface area contributed by atoms with Gasteiger partial charge in [-0.25, -0.2) is 9.97 Å². The molecule has 1 N–H and O–H groups in total. The third-order valence-electron chi connectivity index (χ3n) is 3.13. The number of aromatic nitrogens is 2. The van der Waals surface area contributed by atoms with Crippen LogP contribution in [-0.2, 0) is 4.79 Å². The maximum Gasteiger partial charge on any atom is 0.303 e. The van der Waals surface area contributed by atoms with Crippen molar-refractivity contribution in [1.29, 1.82) is 0 Å². The van der Waals surface area contributed by atoms with Gasteiger partial charge in [0, 0.05) is 31.9 Å². The quantitative estimate of drug-likeness (QED) is 0.859. The van der Waals surface area contributed by atoms with Crippen LogP contribution in [0.25, 0.3) is 0 Å². The summed E-state index contributed by atoms with van der Waals surface area (Å²) in [6.45, 7) is 3.66. The second-order valence-corrected chi connectivity index (χ2v) is 4.59. The third kappa shape index (κ3) is 3.15. The lowest BCUT2D eigenvalue weighted by molar-refractivity contribution is -0.138. The zero-order valence-electron chi connectivity index (χ0n) is 9.96. The highest BCUT2D eigenvalue weighted by atomic mass is 16.4. The topological polar surface area (TPSA) is 66.3 Å². The van der Waals surface area contributed by atoms with Crippen LogP contribution in [0.1, 0.15) is 24.8 Å². The molecule has 0 amide bonds. The highest BCUT2D eigenvalue weighted by Gasteiger charge is 2.22. The Hall–Kier alpha value is -1.65. The average Bonchev–Trinajstić information content (AvgIpc) is 2.30. The molecule has 17 heavy (non-hydrogen) atoms. The molecule has 0 saturated carbocycles. The lowest BCUT2D eigenvalue weighted by Gasteiger charge is -2.31. The van der Waals surface area contributed by atoms with Crippen molar-refractivity contribution in [2.45, 2.75) is 26.2 Å². The van der Waals surface area contributed by atoms with Gasteiger partial charge in [0.1, 0.15) is 0 Å². The van der Waals surface area contributed by atoms with Crippen molar-refractivity contribution in [3.05, 3.63) is 18.0 Å². The summed E-state index contributed by atoms with van der Waals surface area (Å²) in [5.74, 6) is 0.355. The minimum absolute atomic E-state index is 0.280. The Kier molecular flexibility index (Phi) is 3.56. The number of rotatable bonds is 3. The van der Waals surface area contributed by atoms with Crippen LogP contribution in [0.15, 0.2) is 12.4 Å². The van der Waals surface area contributed by atoms with Crippen LogP contribution < -0.4 is 4.90 Å². The number of nitrogens with zero attached hydrogens (tertiary/aromatic N) is 3. The molecule has 2 rings (SSSR count). The molecule has 92 valence electrons. The number of aryl methyl sites for hydroxylation is 1. The lowest BCUT2D eigenvalue weighted by Crippen LogP contribution is -2.35. The van der Waals surface area contributed by atoms with E-state index in [0.717, 1.165) is 37.4 Å². The predicted molar refractivity (Wildman–Crippen MR) is 64.0 cm³/mol. The number of anilines is 1. The monoisotopic (exact) mass is 235 g/mol. The minimum atomic E-state index is -0.699. The summed E-state index contributed by atoms with van der Waals surface area (Å²) in [5, 5.41) is 8.74. The SMILES string of the molecule is Cc1cnc(N2CCC(CC(=O)O)CC2)nc1. The Morgan fingerprint density at radius 3 is 2.53 bits per heavy atom. The minimum Gasteiger partial charge on any atom is -0.481 e. The molecule has 2 heterocycles. The molecule has 0 bridgehead atoms. The second-order valence-electron chi connectivity index (χ2n) is 4.59. The summed E-state index contributed by atoms with van der Waals surface area (Å²) in [6, 6.07) is 0. The van der Waals surface area contributed by atoms with Crippen molar-refractivity contribution >= 4 is 11.9 Å². The Balaban J connectivity index is 1.90. The molecular weight excluding hydrogens is 218 g/mol. The summed E-state index contributed by atoms with van der Waals surface area (Å²) in [6.07, 6.45) is 5.72. The molecule has 1 aromatic heterocycles. The smallest absolute Gasteiger partial charge is 0.303 e. The van der Waals surface area contributed by atoms with Gasteiger partial charge >= 0.3 is 5.97 Å². The number of hydrogen-bond donors (Lipinski definition) is 1. The fourth-order valence-electron chi connectivity index (χ4n) is 2.13. The first-order valence-electron chi connectivity index (χ1n) is 5.90. The maximum absolute atomic E-state index is 10.6. The number of hydrogen-bond acceptors (Lipinski definition) is 4. The third-order valence-corrected chi connectivity index (χ3v) is 3.13. The summed E-state index contributed by atoms with van der Waals surface area (Å²) in [5.41, 5.74) is 1.05. The van der Waals surface area contributed by atoms with Crippen LogP contribution in [0, 0.1) is 12.8 Å². The molecule has 5 heteroatoms. The maximum atomic E-state index is 10.6. The zero-order chi connectivity index (χ0) is 12.3. The van der Waals surface area contributed by atoms with Gasteiger partial charge in [-0.05, 0) is 31.2 Å². The molecule has 0 spiro atoms. The first kappa shape index (κ1) is 11.8. The summed E-state index contributed by atoms with van der Waals surface area (Å²) in [7, 11) is 0. The highest BCUT2D eigenvalue weighted by molar-refractivity contribution is 5.67. The highest BCUT2D eigenvalue weighted by Crippen LogP contribution is 2.22. The summed E-state index contributed by atoms with van der Waals surface area (Å²) in [4.78, 5) is 21.3. The number of piperidine rings is 1. The Morgan fingerprint density at radius 1 is 1.41 bits per heavy atom. The van der Waals surface area contributed by atoms with E-state index >= 15 is 0 Å². The molecule has 0 aromatic carbocycles. The van der Waals surface area contributed by atoms with Gasteiger partial charge < -0.3 is 10.0 Å². The van der Waals surface area contributed by atoms with Crippen LogP contribution in [0.4, 0.5) is 5.95 Å². The summed E-state index contributed by atoms with van der Waals surface area (Å²) < 4.78 is 0. The molecule has 1 aliphatic heterocycles. The van der Waals surface area contributed by atoms with E-state index in [-0.39, 0.29) is 6.42 Å². The largest absolute Gasteiger partial charge is 0.481 e. The van der Waals surface area contributed by atoms with E-state index in [9.17, 15) is 4.79 Å². The van der Waals surface area contributed by atoms with E-state index < -0.39 is 5.97 Å². The Morgan fingerprint density at radius 2 is 2.00 bits per heavy atom. The van der Waals surface area contributed by atoms with Gasteiger partial charge in [-0.1, -0.05) is 0 Å². The van der Waals surface area contributed by atoms with Crippen LogP contribution >= 0.6 is 0 Å². The van der Waals surface area contributed by atoms with Gasteiger partial charge in [0.25, 0.3) is 0 Å².